The smallest absolute Gasteiger partial charge is 0.320 e. The zero-order valence-corrected chi connectivity index (χ0v) is 12.9. The van der Waals surface area contributed by atoms with Gasteiger partial charge in [-0.05, 0) is 33.3 Å². The normalized spacial score (nSPS) is 13.8. The van der Waals surface area contributed by atoms with Gasteiger partial charge in [0, 0.05) is 11.6 Å². The number of nitrogens with zero attached hydrogens (tertiary/aromatic N) is 1. The van der Waals surface area contributed by atoms with Crippen molar-refractivity contribution in [3.63, 3.8) is 0 Å². The number of oxime groups is 1. The lowest BCUT2D eigenvalue weighted by Crippen LogP contribution is -2.32. The molecule has 1 aromatic carbocycles. The number of carbonyl (C=O) groups excluding carboxylic acids is 1. The molecule has 6 heteroatoms. The standard InChI is InChI=1S/C15H23N3O3/c1-10(17-9-13(19)21-15(2,3)4)11-5-7-12(8-6-11)14(16)18-20/h5-8,10,17,20H,9H2,1-4H3,(H2,16,18)/t10-/m1/s1. The van der Waals surface area contributed by atoms with E-state index in [-0.39, 0.29) is 24.4 Å². The van der Waals surface area contributed by atoms with Gasteiger partial charge in [0.2, 0.25) is 0 Å². The van der Waals surface area contributed by atoms with E-state index < -0.39 is 5.60 Å². The van der Waals surface area contributed by atoms with Crippen LogP contribution in [-0.4, -0.2) is 29.2 Å². The third-order valence-corrected chi connectivity index (χ3v) is 2.79. The highest BCUT2D eigenvalue weighted by molar-refractivity contribution is 5.96. The quantitative estimate of drug-likeness (QED) is 0.253. The zero-order valence-electron chi connectivity index (χ0n) is 12.9. The SMILES string of the molecule is C[C@@H](NCC(=O)OC(C)(C)C)c1ccc(C(N)=NO)cc1. The Morgan fingerprint density at radius 1 is 1.38 bits per heavy atom. The van der Waals surface area contributed by atoms with Crippen LogP contribution in [0.4, 0.5) is 0 Å². The molecule has 0 aliphatic carbocycles. The summed E-state index contributed by atoms with van der Waals surface area (Å²) in [4.78, 5) is 11.6. The molecule has 0 saturated carbocycles. The van der Waals surface area contributed by atoms with Crippen molar-refractivity contribution >= 4 is 11.8 Å². The topological polar surface area (TPSA) is 96.9 Å². The highest BCUT2D eigenvalue weighted by Crippen LogP contribution is 2.13. The van der Waals surface area contributed by atoms with Crippen molar-refractivity contribution in [3.05, 3.63) is 35.4 Å². The van der Waals surface area contributed by atoms with E-state index >= 15 is 0 Å². The maximum atomic E-state index is 11.6. The van der Waals surface area contributed by atoms with Crippen molar-refractivity contribution in [2.24, 2.45) is 10.9 Å². The van der Waals surface area contributed by atoms with Crippen molar-refractivity contribution in [1.82, 2.24) is 5.32 Å². The molecule has 0 spiro atoms. The van der Waals surface area contributed by atoms with Crippen molar-refractivity contribution in [2.75, 3.05) is 6.54 Å². The molecule has 1 atom stereocenters. The van der Waals surface area contributed by atoms with Gasteiger partial charge in [0.05, 0.1) is 6.54 Å². The Hall–Kier alpha value is -2.08. The molecule has 0 saturated heterocycles. The average Bonchev–Trinajstić information content (AvgIpc) is 2.42. The molecule has 0 aromatic heterocycles. The van der Waals surface area contributed by atoms with E-state index in [9.17, 15) is 4.79 Å². The molecule has 0 heterocycles. The minimum atomic E-state index is -0.481. The molecule has 0 unspecified atom stereocenters. The summed E-state index contributed by atoms with van der Waals surface area (Å²) in [7, 11) is 0. The van der Waals surface area contributed by atoms with Gasteiger partial charge in [0.25, 0.3) is 0 Å². The Balaban J connectivity index is 2.56. The molecule has 1 rings (SSSR count). The van der Waals surface area contributed by atoms with Crippen molar-refractivity contribution < 1.29 is 14.7 Å². The number of nitrogens with two attached hydrogens (primary N) is 1. The van der Waals surface area contributed by atoms with Gasteiger partial charge in [0.15, 0.2) is 5.84 Å². The van der Waals surface area contributed by atoms with Gasteiger partial charge in [-0.1, -0.05) is 29.4 Å². The number of carbonyl (C=O) groups is 1. The number of esters is 1. The summed E-state index contributed by atoms with van der Waals surface area (Å²) in [6.07, 6.45) is 0. The Kier molecular flexibility index (Phi) is 5.72. The first-order valence-corrected chi connectivity index (χ1v) is 6.76. The van der Waals surface area contributed by atoms with E-state index in [2.05, 4.69) is 10.5 Å². The number of hydrogen-bond acceptors (Lipinski definition) is 5. The monoisotopic (exact) mass is 293 g/mol. The van der Waals surface area contributed by atoms with Crippen LogP contribution in [0.2, 0.25) is 0 Å². The summed E-state index contributed by atoms with van der Waals surface area (Å²) >= 11 is 0. The third kappa shape index (κ3) is 5.83. The number of hydrogen-bond donors (Lipinski definition) is 3. The van der Waals surface area contributed by atoms with Crippen LogP contribution in [0.1, 0.15) is 44.9 Å². The molecule has 0 amide bonds. The molecule has 21 heavy (non-hydrogen) atoms. The molecular formula is C15H23N3O3. The largest absolute Gasteiger partial charge is 0.459 e. The van der Waals surface area contributed by atoms with Crippen molar-refractivity contribution in [3.8, 4) is 0 Å². The molecule has 4 N–H and O–H groups in total. The Bertz CT molecular complexity index is 504. The number of nitrogens with one attached hydrogen (secondary N) is 1. The van der Waals surface area contributed by atoms with Crippen LogP contribution in [0.3, 0.4) is 0 Å². The minimum Gasteiger partial charge on any atom is -0.459 e. The second-order valence-corrected chi connectivity index (χ2v) is 5.80. The predicted molar refractivity (Wildman–Crippen MR) is 81.2 cm³/mol. The first-order valence-electron chi connectivity index (χ1n) is 6.76. The summed E-state index contributed by atoms with van der Waals surface area (Å²) in [6.45, 7) is 7.59. The zero-order chi connectivity index (χ0) is 16.0. The van der Waals surface area contributed by atoms with E-state index in [0.29, 0.717) is 5.56 Å². The summed E-state index contributed by atoms with van der Waals surface area (Å²) in [6, 6.07) is 7.23. The van der Waals surface area contributed by atoms with Crippen LogP contribution in [-0.2, 0) is 9.53 Å². The van der Waals surface area contributed by atoms with Crippen LogP contribution in [0, 0.1) is 0 Å². The van der Waals surface area contributed by atoms with Gasteiger partial charge in [-0.25, -0.2) is 0 Å². The number of benzene rings is 1. The van der Waals surface area contributed by atoms with Crippen LogP contribution in [0.5, 0.6) is 0 Å². The Morgan fingerprint density at radius 3 is 2.43 bits per heavy atom. The highest BCUT2D eigenvalue weighted by Gasteiger charge is 2.16. The lowest BCUT2D eigenvalue weighted by Gasteiger charge is -2.21. The summed E-state index contributed by atoms with van der Waals surface area (Å²) < 4.78 is 5.23. The molecule has 6 nitrogen and oxygen atoms in total. The van der Waals surface area contributed by atoms with E-state index in [0.717, 1.165) is 5.56 Å². The van der Waals surface area contributed by atoms with Gasteiger partial charge in [-0.3, -0.25) is 4.79 Å². The third-order valence-electron chi connectivity index (χ3n) is 2.79. The van der Waals surface area contributed by atoms with E-state index in [1.54, 1.807) is 12.1 Å². The number of ether oxygens (including phenoxy) is 1. The van der Waals surface area contributed by atoms with Gasteiger partial charge >= 0.3 is 5.97 Å². The predicted octanol–water partition coefficient (Wildman–Crippen LogP) is 1.77. The molecule has 0 bridgehead atoms. The summed E-state index contributed by atoms with van der Waals surface area (Å²) in [5, 5.41) is 14.6. The lowest BCUT2D eigenvalue weighted by atomic mass is 10.1. The van der Waals surface area contributed by atoms with E-state index in [4.69, 9.17) is 15.7 Å². The minimum absolute atomic E-state index is 0.0149. The van der Waals surface area contributed by atoms with Gasteiger partial charge < -0.3 is 21.0 Å². The van der Waals surface area contributed by atoms with Gasteiger partial charge in [-0.15, -0.1) is 0 Å². The maximum Gasteiger partial charge on any atom is 0.320 e. The Labute approximate surface area is 125 Å². The molecule has 116 valence electrons. The summed E-state index contributed by atoms with van der Waals surface area (Å²) in [5.41, 5.74) is 6.65. The second kappa shape index (κ2) is 7.08. The molecule has 0 aliphatic heterocycles. The molecular weight excluding hydrogens is 270 g/mol. The fourth-order valence-corrected chi connectivity index (χ4v) is 1.73. The highest BCUT2D eigenvalue weighted by atomic mass is 16.6. The van der Waals surface area contributed by atoms with Crippen LogP contribution in [0.25, 0.3) is 0 Å². The molecule has 1 aromatic rings. The summed E-state index contributed by atoms with van der Waals surface area (Å²) in [5.74, 6) is -0.224. The van der Waals surface area contributed by atoms with E-state index in [1.807, 2.05) is 39.8 Å². The van der Waals surface area contributed by atoms with Crippen molar-refractivity contribution in [2.45, 2.75) is 39.3 Å². The second-order valence-electron chi connectivity index (χ2n) is 5.80. The number of amidine groups is 1. The fourth-order valence-electron chi connectivity index (χ4n) is 1.73. The Morgan fingerprint density at radius 2 is 1.95 bits per heavy atom. The van der Waals surface area contributed by atoms with E-state index in [1.165, 1.54) is 0 Å². The fraction of sp³-hybridized carbons (Fsp3) is 0.467. The van der Waals surface area contributed by atoms with Crippen molar-refractivity contribution in [1.29, 1.82) is 0 Å². The van der Waals surface area contributed by atoms with Gasteiger partial charge in [-0.2, -0.15) is 0 Å². The van der Waals surface area contributed by atoms with Crippen LogP contribution < -0.4 is 11.1 Å². The lowest BCUT2D eigenvalue weighted by molar-refractivity contribution is -0.153. The first kappa shape index (κ1) is 17.0. The molecule has 0 radical (unpaired) electrons. The van der Waals surface area contributed by atoms with Gasteiger partial charge in [0.1, 0.15) is 5.60 Å². The molecule has 0 fully saturated rings. The van der Waals surface area contributed by atoms with Crippen LogP contribution in [0.15, 0.2) is 29.4 Å². The maximum absolute atomic E-state index is 11.6. The number of rotatable bonds is 5. The molecule has 0 aliphatic rings. The average molecular weight is 293 g/mol. The first-order chi connectivity index (χ1) is 9.73. The van der Waals surface area contributed by atoms with Crippen LogP contribution >= 0.6 is 0 Å².